The third-order valence-corrected chi connectivity index (χ3v) is 3.68. The highest BCUT2D eigenvalue weighted by Crippen LogP contribution is 2.29. The van der Waals surface area contributed by atoms with E-state index in [1.807, 2.05) is 0 Å². The van der Waals surface area contributed by atoms with Crippen molar-refractivity contribution >= 4 is 11.9 Å². The van der Waals surface area contributed by atoms with Crippen LogP contribution in [0, 0.1) is 17.3 Å². The van der Waals surface area contributed by atoms with Gasteiger partial charge in [0.1, 0.15) is 0 Å². The van der Waals surface area contributed by atoms with E-state index in [1.165, 1.54) is 0 Å². The normalized spacial score (nSPS) is 24.9. The van der Waals surface area contributed by atoms with Gasteiger partial charge in [0, 0.05) is 6.92 Å². The van der Waals surface area contributed by atoms with Crippen LogP contribution >= 0.6 is 0 Å². The van der Waals surface area contributed by atoms with E-state index in [2.05, 4.69) is 0 Å². The van der Waals surface area contributed by atoms with Gasteiger partial charge in [0.15, 0.2) is 0 Å². The zero-order chi connectivity index (χ0) is 15.3. The molecule has 0 saturated heterocycles. The topological polar surface area (TPSA) is 78.6 Å². The predicted octanol–water partition coefficient (Wildman–Crippen LogP) is 2.23. The zero-order valence-corrected chi connectivity index (χ0v) is 13.0. The average Bonchev–Trinajstić information content (AvgIpc) is 2.37. The van der Waals surface area contributed by atoms with Gasteiger partial charge in [0.05, 0.1) is 11.3 Å². The van der Waals surface area contributed by atoms with Crippen LogP contribution in [0.2, 0.25) is 0 Å². The highest BCUT2D eigenvalue weighted by atomic mass is 16.7. The van der Waals surface area contributed by atoms with E-state index in [4.69, 9.17) is 15.2 Å². The Morgan fingerprint density at radius 1 is 1.15 bits per heavy atom. The molecular weight excluding hydrogens is 258 g/mol. The van der Waals surface area contributed by atoms with E-state index in [0.717, 1.165) is 25.7 Å². The van der Waals surface area contributed by atoms with E-state index in [0.29, 0.717) is 12.5 Å². The second-order valence-corrected chi connectivity index (χ2v) is 6.61. The molecule has 2 N–H and O–H groups in total. The van der Waals surface area contributed by atoms with Crippen LogP contribution in [0.15, 0.2) is 0 Å². The summed E-state index contributed by atoms with van der Waals surface area (Å²) in [4.78, 5) is 23.7. The molecule has 0 amide bonds. The molecule has 20 heavy (non-hydrogen) atoms. The summed E-state index contributed by atoms with van der Waals surface area (Å²) in [6.07, 6.45) is 2.71. The molecule has 1 unspecified atom stereocenters. The summed E-state index contributed by atoms with van der Waals surface area (Å²) in [6.45, 7) is 7.54. The first-order valence-electron chi connectivity index (χ1n) is 7.35. The molecule has 0 heterocycles. The van der Waals surface area contributed by atoms with Crippen molar-refractivity contribution < 1.29 is 19.1 Å². The van der Waals surface area contributed by atoms with Crippen LogP contribution < -0.4 is 5.73 Å². The maximum Gasteiger partial charge on any atom is 0.314 e. The first-order chi connectivity index (χ1) is 9.24. The molecule has 5 nitrogen and oxygen atoms in total. The SMILES string of the molecule is CC(OC(=O)C1CCC(CN)CC1)OC(=O)C(C)(C)C. The largest absolute Gasteiger partial charge is 0.425 e. The monoisotopic (exact) mass is 285 g/mol. The molecule has 1 saturated carbocycles. The van der Waals surface area contributed by atoms with Crippen LogP contribution in [-0.2, 0) is 19.1 Å². The van der Waals surface area contributed by atoms with E-state index in [-0.39, 0.29) is 17.9 Å². The molecule has 0 bridgehead atoms. The molecule has 5 heteroatoms. The number of ether oxygens (including phenoxy) is 2. The molecule has 0 aromatic carbocycles. The first-order valence-corrected chi connectivity index (χ1v) is 7.35. The number of nitrogens with two attached hydrogens (primary N) is 1. The van der Waals surface area contributed by atoms with E-state index < -0.39 is 11.7 Å². The molecule has 1 aliphatic rings. The Morgan fingerprint density at radius 3 is 2.15 bits per heavy atom. The standard InChI is InChI=1S/C15H27NO4/c1-10(20-14(18)15(2,3)4)19-13(17)12-7-5-11(9-16)6-8-12/h10-12H,5-9,16H2,1-4H3. The fraction of sp³-hybridized carbons (Fsp3) is 0.867. The molecule has 0 aromatic rings. The van der Waals surface area contributed by atoms with Gasteiger partial charge in [0.25, 0.3) is 0 Å². The highest BCUT2D eigenvalue weighted by Gasteiger charge is 2.30. The molecule has 1 fully saturated rings. The molecule has 1 atom stereocenters. The van der Waals surface area contributed by atoms with Gasteiger partial charge < -0.3 is 15.2 Å². The third kappa shape index (κ3) is 5.12. The number of esters is 2. The van der Waals surface area contributed by atoms with Gasteiger partial charge in [0.2, 0.25) is 6.29 Å². The molecule has 116 valence electrons. The maximum absolute atomic E-state index is 12.0. The second-order valence-electron chi connectivity index (χ2n) is 6.61. The van der Waals surface area contributed by atoms with Gasteiger partial charge in [-0.15, -0.1) is 0 Å². The molecule has 1 rings (SSSR count). The van der Waals surface area contributed by atoms with Crippen molar-refractivity contribution in [2.75, 3.05) is 6.54 Å². The number of carbonyl (C=O) groups is 2. The van der Waals surface area contributed by atoms with Crippen LogP contribution in [-0.4, -0.2) is 24.8 Å². The lowest BCUT2D eigenvalue weighted by Gasteiger charge is -2.27. The molecular formula is C15H27NO4. The summed E-state index contributed by atoms with van der Waals surface area (Å²) in [5.41, 5.74) is 5.03. The van der Waals surface area contributed by atoms with Crippen molar-refractivity contribution in [3.8, 4) is 0 Å². The van der Waals surface area contributed by atoms with Crippen LogP contribution in [0.3, 0.4) is 0 Å². The highest BCUT2D eigenvalue weighted by molar-refractivity contribution is 5.76. The number of carbonyl (C=O) groups excluding carboxylic acids is 2. The van der Waals surface area contributed by atoms with Gasteiger partial charge in [-0.25, -0.2) is 0 Å². The molecule has 0 spiro atoms. The summed E-state index contributed by atoms with van der Waals surface area (Å²) in [5, 5.41) is 0. The Bertz CT molecular complexity index is 340. The van der Waals surface area contributed by atoms with Gasteiger partial charge >= 0.3 is 11.9 Å². The number of rotatable bonds is 4. The van der Waals surface area contributed by atoms with E-state index in [9.17, 15) is 9.59 Å². The zero-order valence-electron chi connectivity index (χ0n) is 13.0. The van der Waals surface area contributed by atoms with E-state index in [1.54, 1.807) is 27.7 Å². The lowest BCUT2D eigenvalue weighted by molar-refractivity contribution is -0.193. The van der Waals surface area contributed by atoms with Crippen LogP contribution in [0.5, 0.6) is 0 Å². The van der Waals surface area contributed by atoms with Crippen molar-refractivity contribution in [2.24, 2.45) is 23.0 Å². The third-order valence-electron chi connectivity index (χ3n) is 3.68. The Hall–Kier alpha value is -1.10. The minimum atomic E-state index is -0.832. The Balaban J connectivity index is 2.37. The summed E-state index contributed by atoms with van der Waals surface area (Å²) in [6, 6.07) is 0. The van der Waals surface area contributed by atoms with Crippen molar-refractivity contribution in [1.29, 1.82) is 0 Å². The summed E-state index contributed by atoms with van der Waals surface area (Å²) < 4.78 is 10.3. The van der Waals surface area contributed by atoms with Crippen LogP contribution in [0.4, 0.5) is 0 Å². The minimum Gasteiger partial charge on any atom is -0.425 e. The van der Waals surface area contributed by atoms with Gasteiger partial charge in [-0.05, 0) is 58.9 Å². The van der Waals surface area contributed by atoms with Crippen molar-refractivity contribution in [2.45, 2.75) is 59.7 Å². The summed E-state index contributed by atoms with van der Waals surface area (Å²) >= 11 is 0. The summed E-state index contributed by atoms with van der Waals surface area (Å²) in [5.74, 6) is -0.205. The second kappa shape index (κ2) is 7.07. The molecule has 0 radical (unpaired) electrons. The van der Waals surface area contributed by atoms with Crippen molar-refractivity contribution in [1.82, 2.24) is 0 Å². The fourth-order valence-electron chi connectivity index (χ4n) is 2.25. The van der Waals surface area contributed by atoms with Gasteiger partial charge in [-0.1, -0.05) is 0 Å². The van der Waals surface area contributed by atoms with Crippen molar-refractivity contribution in [3.63, 3.8) is 0 Å². The lowest BCUT2D eigenvalue weighted by atomic mass is 9.82. The molecule has 0 aromatic heterocycles. The average molecular weight is 285 g/mol. The van der Waals surface area contributed by atoms with E-state index >= 15 is 0 Å². The number of hydrogen-bond donors (Lipinski definition) is 1. The summed E-state index contributed by atoms with van der Waals surface area (Å²) in [7, 11) is 0. The Kier molecular flexibility index (Phi) is 5.99. The molecule has 0 aliphatic heterocycles. The smallest absolute Gasteiger partial charge is 0.314 e. The van der Waals surface area contributed by atoms with Crippen molar-refractivity contribution in [3.05, 3.63) is 0 Å². The first kappa shape index (κ1) is 17.0. The van der Waals surface area contributed by atoms with Gasteiger partial charge in [-0.2, -0.15) is 0 Å². The van der Waals surface area contributed by atoms with Gasteiger partial charge in [-0.3, -0.25) is 9.59 Å². The van der Waals surface area contributed by atoms with Crippen LogP contribution in [0.1, 0.15) is 53.4 Å². The van der Waals surface area contributed by atoms with Crippen LogP contribution in [0.25, 0.3) is 0 Å². The Labute approximate surface area is 121 Å². The Morgan fingerprint density at radius 2 is 1.70 bits per heavy atom. The number of hydrogen-bond acceptors (Lipinski definition) is 5. The predicted molar refractivity (Wildman–Crippen MR) is 75.6 cm³/mol. The lowest BCUT2D eigenvalue weighted by Crippen LogP contribution is -2.32. The molecule has 1 aliphatic carbocycles. The maximum atomic E-state index is 12.0. The fourth-order valence-corrected chi connectivity index (χ4v) is 2.25. The minimum absolute atomic E-state index is 0.0893. The quantitative estimate of drug-likeness (QED) is 0.633.